The summed E-state index contributed by atoms with van der Waals surface area (Å²) < 4.78 is 13.4. The summed E-state index contributed by atoms with van der Waals surface area (Å²) in [5.74, 6) is -0.0652. The molecule has 0 unspecified atom stereocenters. The lowest BCUT2D eigenvalue weighted by Crippen LogP contribution is -2.25. The predicted octanol–water partition coefficient (Wildman–Crippen LogP) is 3.47. The third kappa shape index (κ3) is 2.62. The minimum absolute atomic E-state index is 0.0652. The molecular formula is C14H20FN. The second-order valence-electron chi connectivity index (χ2n) is 4.91. The van der Waals surface area contributed by atoms with Crippen molar-refractivity contribution in [3.8, 4) is 0 Å². The maximum absolute atomic E-state index is 13.4. The molecule has 0 spiro atoms. The van der Waals surface area contributed by atoms with Gasteiger partial charge in [0.1, 0.15) is 5.82 Å². The Morgan fingerprint density at radius 2 is 1.75 bits per heavy atom. The second-order valence-corrected chi connectivity index (χ2v) is 4.91. The van der Waals surface area contributed by atoms with Gasteiger partial charge in [-0.1, -0.05) is 25.0 Å². The maximum atomic E-state index is 13.4. The molecule has 1 fully saturated rings. The Balaban J connectivity index is 1.98. The van der Waals surface area contributed by atoms with Gasteiger partial charge < -0.3 is 5.32 Å². The molecule has 0 aromatic heterocycles. The Labute approximate surface area is 97.1 Å². The van der Waals surface area contributed by atoms with Crippen LogP contribution in [0.15, 0.2) is 12.1 Å². The van der Waals surface area contributed by atoms with Gasteiger partial charge in [0.15, 0.2) is 0 Å². The van der Waals surface area contributed by atoms with Crippen LogP contribution in [0.5, 0.6) is 0 Å². The molecule has 1 nitrogen and oxygen atoms in total. The van der Waals surface area contributed by atoms with E-state index in [1.807, 2.05) is 26.0 Å². The zero-order chi connectivity index (χ0) is 11.5. The van der Waals surface area contributed by atoms with E-state index in [1.165, 1.54) is 31.2 Å². The number of halogens is 1. The van der Waals surface area contributed by atoms with Crippen LogP contribution < -0.4 is 5.32 Å². The average Bonchev–Trinajstić information content (AvgIpc) is 2.75. The second kappa shape index (κ2) is 4.96. The van der Waals surface area contributed by atoms with Gasteiger partial charge >= 0.3 is 0 Å². The zero-order valence-electron chi connectivity index (χ0n) is 10.1. The van der Waals surface area contributed by atoms with E-state index >= 15 is 0 Å². The van der Waals surface area contributed by atoms with Crippen molar-refractivity contribution >= 4 is 0 Å². The molecule has 0 aliphatic heterocycles. The van der Waals surface area contributed by atoms with E-state index < -0.39 is 0 Å². The largest absolute Gasteiger partial charge is 0.310 e. The Hall–Kier alpha value is -0.890. The van der Waals surface area contributed by atoms with Crippen molar-refractivity contribution in [2.45, 2.75) is 52.1 Å². The topological polar surface area (TPSA) is 12.0 Å². The molecule has 0 heterocycles. The van der Waals surface area contributed by atoms with Crippen LogP contribution in [0, 0.1) is 19.7 Å². The molecule has 16 heavy (non-hydrogen) atoms. The molecule has 1 aliphatic carbocycles. The Bertz CT molecular complexity index is 344. The molecule has 1 aromatic rings. The molecule has 1 aromatic carbocycles. The van der Waals surface area contributed by atoms with Crippen molar-refractivity contribution in [1.29, 1.82) is 0 Å². The molecule has 1 N–H and O–H groups in total. The van der Waals surface area contributed by atoms with E-state index in [-0.39, 0.29) is 5.82 Å². The summed E-state index contributed by atoms with van der Waals surface area (Å²) in [6.07, 6.45) is 5.27. The first-order chi connectivity index (χ1) is 7.66. The van der Waals surface area contributed by atoms with Crippen molar-refractivity contribution in [2.75, 3.05) is 0 Å². The fraction of sp³-hybridized carbons (Fsp3) is 0.571. The summed E-state index contributed by atoms with van der Waals surface area (Å²) >= 11 is 0. The Kier molecular flexibility index (Phi) is 3.59. The molecule has 1 saturated carbocycles. The first kappa shape index (κ1) is 11.6. The predicted molar refractivity (Wildman–Crippen MR) is 65.0 cm³/mol. The van der Waals surface area contributed by atoms with Crippen molar-refractivity contribution in [2.24, 2.45) is 0 Å². The van der Waals surface area contributed by atoms with Crippen molar-refractivity contribution in [3.63, 3.8) is 0 Å². The van der Waals surface area contributed by atoms with Crippen LogP contribution in [0.25, 0.3) is 0 Å². The highest BCUT2D eigenvalue weighted by Crippen LogP contribution is 2.19. The van der Waals surface area contributed by atoms with Crippen molar-refractivity contribution in [3.05, 3.63) is 34.6 Å². The Morgan fingerprint density at radius 3 is 2.31 bits per heavy atom. The lowest BCUT2D eigenvalue weighted by atomic mass is 10.1. The van der Waals surface area contributed by atoms with Crippen molar-refractivity contribution in [1.82, 2.24) is 5.32 Å². The van der Waals surface area contributed by atoms with Gasteiger partial charge in [0, 0.05) is 12.6 Å². The summed E-state index contributed by atoms with van der Waals surface area (Å²) in [7, 11) is 0. The molecular weight excluding hydrogens is 201 g/mol. The number of aryl methyl sites for hydroxylation is 2. The standard InChI is InChI=1S/C14H20FN/c1-10-7-12(8-11(2)14(10)15)9-16-13-5-3-4-6-13/h7-8,13,16H,3-6,9H2,1-2H3. The molecule has 0 atom stereocenters. The molecule has 1 aliphatic rings. The van der Waals surface area contributed by atoms with Gasteiger partial charge in [-0.15, -0.1) is 0 Å². The van der Waals surface area contributed by atoms with Crippen LogP contribution in [0.1, 0.15) is 42.4 Å². The maximum Gasteiger partial charge on any atom is 0.129 e. The zero-order valence-corrected chi connectivity index (χ0v) is 10.1. The first-order valence-electron chi connectivity index (χ1n) is 6.16. The molecule has 0 saturated heterocycles. The van der Waals surface area contributed by atoms with E-state index in [0.717, 1.165) is 17.7 Å². The highest BCUT2D eigenvalue weighted by atomic mass is 19.1. The van der Waals surface area contributed by atoms with E-state index in [2.05, 4.69) is 5.32 Å². The monoisotopic (exact) mass is 221 g/mol. The molecule has 2 rings (SSSR count). The van der Waals surface area contributed by atoms with Gasteiger partial charge in [-0.2, -0.15) is 0 Å². The lowest BCUT2D eigenvalue weighted by Gasteiger charge is -2.13. The van der Waals surface area contributed by atoms with Crippen LogP contribution in [0.3, 0.4) is 0 Å². The summed E-state index contributed by atoms with van der Waals surface area (Å²) in [5, 5.41) is 3.55. The minimum Gasteiger partial charge on any atom is -0.310 e. The van der Waals surface area contributed by atoms with Crippen LogP contribution >= 0.6 is 0 Å². The van der Waals surface area contributed by atoms with Gasteiger partial charge in [-0.3, -0.25) is 0 Å². The van der Waals surface area contributed by atoms with Crippen LogP contribution in [-0.2, 0) is 6.54 Å². The SMILES string of the molecule is Cc1cc(CNC2CCCC2)cc(C)c1F. The summed E-state index contributed by atoms with van der Waals surface area (Å²) in [6, 6.07) is 4.57. The van der Waals surface area contributed by atoms with Crippen LogP contribution in [0.2, 0.25) is 0 Å². The fourth-order valence-electron chi connectivity index (χ4n) is 2.53. The first-order valence-corrected chi connectivity index (χ1v) is 6.16. The number of hydrogen-bond donors (Lipinski definition) is 1. The average molecular weight is 221 g/mol. The molecule has 0 radical (unpaired) electrons. The molecule has 88 valence electrons. The van der Waals surface area contributed by atoms with Gasteiger partial charge in [-0.25, -0.2) is 4.39 Å². The molecule has 0 bridgehead atoms. The third-order valence-electron chi connectivity index (χ3n) is 3.45. The number of nitrogens with one attached hydrogen (secondary N) is 1. The van der Waals surface area contributed by atoms with Gasteiger partial charge in [0.05, 0.1) is 0 Å². The highest BCUT2D eigenvalue weighted by Gasteiger charge is 2.14. The summed E-state index contributed by atoms with van der Waals surface area (Å²) in [4.78, 5) is 0. The Morgan fingerprint density at radius 1 is 1.19 bits per heavy atom. The molecule has 2 heteroatoms. The van der Waals surface area contributed by atoms with E-state index in [0.29, 0.717) is 6.04 Å². The smallest absolute Gasteiger partial charge is 0.129 e. The van der Waals surface area contributed by atoms with E-state index in [9.17, 15) is 4.39 Å². The van der Waals surface area contributed by atoms with Crippen molar-refractivity contribution < 1.29 is 4.39 Å². The number of benzene rings is 1. The van der Waals surface area contributed by atoms with Gasteiger partial charge in [0.25, 0.3) is 0 Å². The fourth-order valence-corrected chi connectivity index (χ4v) is 2.53. The van der Waals surface area contributed by atoms with E-state index in [4.69, 9.17) is 0 Å². The summed E-state index contributed by atoms with van der Waals surface area (Å²) in [5.41, 5.74) is 2.70. The highest BCUT2D eigenvalue weighted by molar-refractivity contribution is 5.30. The normalized spacial score (nSPS) is 16.9. The minimum atomic E-state index is -0.0652. The van der Waals surface area contributed by atoms with Crippen LogP contribution in [-0.4, -0.2) is 6.04 Å². The van der Waals surface area contributed by atoms with E-state index in [1.54, 1.807) is 0 Å². The number of rotatable bonds is 3. The quantitative estimate of drug-likeness (QED) is 0.824. The number of hydrogen-bond acceptors (Lipinski definition) is 1. The molecule has 0 amide bonds. The summed E-state index contributed by atoms with van der Waals surface area (Å²) in [6.45, 7) is 4.54. The third-order valence-corrected chi connectivity index (χ3v) is 3.45. The van der Waals surface area contributed by atoms with Gasteiger partial charge in [-0.05, 0) is 43.4 Å². The van der Waals surface area contributed by atoms with Gasteiger partial charge in [0.2, 0.25) is 0 Å². The van der Waals surface area contributed by atoms with Crippen LogP contribution in [0.4, 0.5) is 4.39 Å². The lowest BCUT2D eigenvalue weighted by molar-refractivity contribution is 0.523.